The van der Waals surface area contributed by atoms with Crippen LogP contribution in [0, 0.1) is 0 Å². The number of rotatable bonds is 5. The van der Waals surface area contributed by atoms with Crippen molar-refractivity contribution in [2.75, 3.05) is 24.2 Å². The molecule has 90 valence electrons. The molecule has 2 aromatic rings. The highest BCUT2D eigenvalue weighted by Crippen LogP contribution is 2.07. The van der Waals surface area contributed by atoms with Crippen LogP contribution in [-0.4, -0.2) is 33.3 Å². The summed E-state index contributed by atoms with van der Waals surface area (Å²) in [5.74, 6) is 2.54. The first-order valence-electron chi connectivity index (χ1n) is 5.51. The van der Waals surface area contributed by atoms with E-state index in [-0.39, 0.29) is 0 Å². The third-order valence-electron chi connectivity index (χ3n) is 2.31. The smallest absolute Gasteiger partial charge is 0.152 e. The van der Waals surface area contributed by atoms with Gasteiger partial charge < -0.3 is 10.6 Å². The summed E-state index contributed by atoms with van der Waals surface area (Å²) in [6.45, 7) is 0.768. The summed E-state index contributed by atoms with van der Waals surface area (Å²) in [7, 11) is 3.71. The Labute approximate surface area is 100 Å². The van der Waals surface area contributed by atoms with E-state index in [2.05, 4.69) is 25.7 Å². The number of nitrogens with zero attached hydrogens (tertiary/aromatic N) is 4. The Morgan fingerprint density at radius 3 is 2.82 bits per heavy atom. The Bertz CT molecular complexity index is 478. The van der Waals surface area contributed by atoms with E-state index in [1.165, 1.54) is 0 Å². The van der Waals surface area contributed by atoms with Gasteiger partial charge in [0.05, 0.1) is 0 Å². The van der Waals surface area contributed by atoms with Gasteiger partial charge in [-0.25, -0.2) is 9.97 Å². The van der Waals surface area contributed by atoms with Gasteiger partial charge in [0.15, 0.2) is 5.82 Å². The lowest BCUT2D eigenvalue weighted by atomic mass is 10.4. The second kappa shape index (κ2) is 5.29. The third-order valence-corrected chi connectivity index (χ3v) is 2.31. The van der Waals surface area contributed by atoms with E-state index >= 15 is 0 Å². The van der Waals surface area contributed by atoms with Crippen molar-refractivity contribution < 1.29 is 0 Å². The summed E-state index contributed by atoms with van der Waals surface area (Å²) in [6, 6.07) is 5.82. The monoisotopic (exact) mass is 232 g/mol. The third kappa shape index (κ3) is 3.17. The zero-order valence-electron chi connectivity index (χ0n) is 10.0. The fourth-order valence-electron chi connectivity index (χ4n) is 1.47. The van der Waals surface area contributed by atoms with Gasteiger partial charge in [-0.1, -0.05) is 6.07 Å². The SMILES string of the molecule is CNc1cccc(NCCc2ncn(C)n2)n1. The normalized spacial score (nSPS) is 10.2. The van der Waals surface area contributed by atoms with Crippen molar-refractivity contribution in [3.8, 4) is 0 Å². The van der Waals surface area contributed by atoms with Crippen LogP contribution in [0.25, 0.3) is 0 Å². The van der Waals surface area contributed by atoms with Crippen molar-refractivity contribution in [3.63, 3.8) is 0 Å². The van der Waals surface area contributed by atoms with Crippen LogP contribution < -0.4 is 10.6 Å². The predicted molar refractivity (Wildman–Crippen MR) is 67.0 cm³/mol. The molecule has 6 heteroatoms. The molecule has 2 heterocycles. The average Bonchev–Trinajstić information content (AvgIpc) is 2.75. The zero-order chi connectivity index (χ0) is 12.1. The molecule has 0 aliphatic rings. The van der Waals surface area contributed by atoms with Crippen LogP contribution in [0.3, 0.4) is 0 Å². The predicted octanol–water partition coefficient (Wildman–Crippen LogP) is 0.906. The van der Waals surface area contributed by atoms with Crippen LogP contribution >= 0.6 is 0 Å². The molecule has 2 N–H and O–H groups in total. The van der Waals surface area contributed by atoms with E-state index in [4.69, 9.17) is 0 Å². The molecular formula is C11H16N6. The standard InChI is InChI=1S/C11H16N6/c1-12-9-4-3-5-10(15-9)13-7-6-11-14-8-17(2)16-11/h3-5,8H,6-7H2,1-2H3,(H2,12,13,15). The summed E-state index contributed by atoms with van der Waals surface area (Å²) in [4.78, 5) is 8.52. The second-order valence-electron chi connectivity index (χ2n) is 3.67. The van der Waals surface area contributed by atoms with E-state index in [0.29, 0.717) is 0 Å². The molecule has 0 aromatic carbocycles. The van der Waals surface area contributed by atoms with E-state index in [0.717, 1.165) is 30.4 Å². The van der Waals surface area contributed by atoms with Crippen LogP contribution in [0.2, 0.25) is 0 Å². The Balaban J connectivity index is 1.85. The van der Waals surface area contributed by atoms with Gasteiger partial charge in [0.1, 0.15) is 18.0 Å². The molecule has 0 spiro atoms. The largest absolute Gasteiger partial charge is 0.373 e. The van der Waals surface area contributed by atoms with Gasteiger partial charge in [0.2, 0.25) is 0 Å². The lowest BCUT2D eigenvalue weighted by molar-refractivity contribution is 0.742. The minimum Gasteiger partial charge on any atom is -0.373 e. The van der Waals surface area contributed by atoms with Crippen LogP contribution in [0.15, 0.2) is 24.5 Å². The molecule has 0 radical (unpaired) electrons. The molecule has 2 aromatic heterocycles. The van der Waals surface area contributed by atoms with Gasteiger partial charge in [-0.2, -0.15) is 5.10 Å². The first-order chi connectivity index (χ1) is 8.28. The van der Waals surface area contributed by atoms with Gasteiger partial charge in [0, 0.05) is 27.1 Å². The number of hydrogen-bond donors (Lipinski definition) is 2. The number of aromatic nitrogens is 4. The van der Waals surface area contributed by atoms with Crippen molar-refractivity contribution in [1.82, 2.24) is 19.7 Å². The number of nitrogens with one attached hydrogen (secondary N) is 2. The van der Waals surface area contributed by atoms with Crippen molar-refractivity contribution in [2.24, 2.45) is 7.05 Å². The molecule has 0 amide bonds. The summed E-state index contributed by atoms with van der Waals surface area (Å²) < 4.78 is 1.70. The van der Waals surface area contributed by atoms with E-state index < -0.39 is 0 Å². The highest BCUT2D eigenvalue weighted by molar-refractivity contribution is 5.44. The number of aryl methyl sites for hydroxylation is 1. The minimum absolute atomic E-state index is 0.768. The first-order valence-corrected chi connectivity index (χ1v) is 5.51. The van der Waals surface area contributed by atoms with Crippen LogP contribution in [0.5, 0.6) is 0 Å². The van der Waals surface area contributed by atoms with Gasteiger partial charge in [-0.15, -0.1) is 0 Å². The quantitative estimate of drug-likeness (QED) is 0.802. The topological polar surface area (TPSA) is 67.7 Å². The molecule has 0 aliphatic carbocycles. The van der Waals surface area contributed by atoms with Crippen molar-refractivity contribution in [1.29, 1.82) is 0 Å². The highest BCUT2D eigenvalue weighted by atomic mass is 15.3. The summed E-state index contributed by atoms with van der Waals surface area (Å²) in [5.41, 5.74) is 0. The lowest BCUT2D eigenvalue weighted by Crippen LogP contribution is -2.08. The lowest BCUT2D eigenvalue weighted by Gasteiger charge is -2.05. The molecule has 0 bridgehead atoms. The van der Waals surface area contributed by atoms with Crippen molar-refractivity contribution in [3.05, 3.63) is 30.4 Å². The number of hydrogen-bond acceptors (Lipinski definition) is 5. The molecule has 0 unspecified atom stereocenters. The minimum atomic E-state index is 0.768. The van der Waals surface area contributed by atoms with Crippen LogP contribution in [0.4, 0.5) is 11.6 Å². The molecule has 2 rings (SSSR count). The zero-order valence-corrected chi connectivity index (χ0v) is 10.0. The Hall–Kier alpha value is -2.11. The van der Waals surface area contributed by atoms with Gasteiger partial charge in [-0.3, -0.25) is 4.68 Å². The molecule has 17 heavy (non-hydrogen) atoms. The van der Waals surface area contributed by atoms with E-state index in [1.54, 1.807) is 11.0 Å². The number of pyridine rings is 1. The van der Waals surface area contributed by atoms with Crippen LogP contribution in [0.1, 0.15) is 5.82 Å². The summed E-state index contributed by atoms with van der Waals surface area (Å²) in [5, 5.41) is 10.4. The van der Waals surface area contributed by atoms with Gasteiger partial charge >= 0.3 is 0 Å². The van der Waals surface area contributed by atoms with Gasteiger partial charge in [0.25, 0.3) is 0 Å². The van der Waals surface area contributed by atoms with Crippen molar-refractivity contribution >= 4 is 11.6 Å². The fourth-order valence-corrected chi connectivity index (χ4v) is 1.47. The molecule has 6 nitrogen and oxygen atoms in total. The maximum atomic E-state index is 4.36. The first kappa shape index (κ1) is 11.4. The van der Waals surface area contributed by atoms with Gasteiger partial charge in [-0.05, 0) is 12.1 Å². The van der Waals surface area contributed by atoms with Crippen molar-refractivity contribution in [2.45, 2.75) is 6.42 Å². The Morgan fingerprint density at radius 2 is 2.12 bits per heavy atom. The molecule has 0 fully saturated rings. The Morgan fingerprint density at radius 1 is 1.29 bits per heavy atom. The summed E-state index contributed by atoms with van der Waals surface area (Å²) in [6.07, 6.45) is 2.49. The average molecular weight is 232 g/mol. The molecule has 0 atom stereocenters. The fraction of sp³-hybridized carbons (Fsp3) is 0.364. The molecular weight excluding hydrogens is 216 g/mol. The molecule has 0 saturated carbocycles. The molecule has 0 saturated heterocycles. The maximum absolute atomic E-state index is 4.36. The second-order valence-corrected chi connectivity index (χ2v) is 3.67. The highest BCUT2D eigenvalue weighted by Gasteiger charge is 1.99. The van der Waals surface area contributed by atoms with Crippen LogP contribution in [-0.2, 0) is 13.5 Å². The molecule has 0 aliphatic heterocycles. The summed E-state index contributed by atoms with van der Waals surface area (Å²) >= 11 is 0. The maximum Gasteiger partial charge on any atom is 0.152 e. The Kier molecular flexibility index (Phi) is 3.54. The number of anilines is 2. The van der Waals surface area contributed by atoms with E-state index in [9.17, 15) is 0 Å². The van der Waals surface area contributed by atoms with E-state index in [1.807, 2.05) is 32.3 Å².